The van der Waals surface area contributed by atoms with Gasteiger partial charge in [0.2, 0.25) is 10.0 Å². The number of ether oxygens (including phenoxy) is 1. The van der Waals surface area contributed by atoms with Gasteiger partial charge in [-0.05, 0) is 37.3 Å². The Labute approximate surface area is 156 Å². The van der Waals surface area contributed by atoms with Crippen LogP contribution in [0.25, 0.3) is 0 Å². The third-order valence-corrected chi connectivity index (χ3v) is 5.31. The van der Waals surface area contributed by atoms with Crippen molar-refractivity contribution >= 4 is 33.2 Å². The fourth-order valence-electron chi connectivity index (χ4n) is 2.22. The Morgan fingerprint density at radius 3 is 2.58 bits per heavy atom. The third kappa shape index (κ3) is 5.01. The molecule has 0 aliphatic rings. The van der Waals surface area contributed by atoms with E-state index in [4.69, 9.17) is 16.3 Å². The number of sulfonamides is 1. The van der Waals surface area contributed by atoms with E-state index in [1.54, 1.807) is 19.1 Å². The van der Waals surface area contributed by atoms with Crippen molar-refractivity contribution in [2.75, 3.05) is 19.0 Å². The summed E-state index contributed by atoms with van der Waals surface area (Å²) in [6, 6.07) is 9.06. The van der Waals surface area contributed by atoms with E-state index in [1.165, 1.54) is 31.4 Å². The first-order valence-corrected chi connectivity index (χ1v) is 9.47. The maximum Gasteiger partial charge on any atom is 0.257 e. The molecule has 26 heavy (non-hydrogen) atoms. The van der Waals surface area contributed by atoms with Crippen molar-refractivity contribution in [2.45, 2.75) is 17.9 Å². The minimum atomic E-state index is -3.91. The normalized spacial score (nSPS) is 12.6. The molecule has 9 heteroatoms. The highest BCUT2D eigenvalue weighted by atomic mass is 35.5. The second-order valence-electron chi connectivity index (χ2n) is 5.55. The van der Waals surface area contributed by atoms with Crippen LogP contribution in [0.15, 0.2) is 47.4 Å². The molecule has 2 N–H and O–H groups in total. The zero-order valence-electron chi connectivity index (χ0n) is 14.1. The maximum atomic E-state index is 14.3. The molecule has 0 bridgehead atoms. The van der Waals surface area contributed by atoms with Gasteiger partial charge in [-0.15, -0.1) is 0 Å². The van der Waals surface area contributed by atoms with Gasteiger partial charge in [0.15, 0.2) is 0 Å². The standard InChI is InChI=1S/C17H18ClFN2O4S/c1-11(10-25-2)21-26(23,24)12-7-8-16(15(19)9-12)20-17(22)13-5-3-4-6-14(13)18/h3-9,11,21H,10H2,1-2H3,(H,20,22)/t11-/m0/s1. The van der Waals surface area contributed by atoms with Gasteiger partial charge in [-0.1, -0.05) is 23.7 Å². The van der Waals surface area contributed by atoms with Crippen LogP contribution in [0.1, 0.15) is 17.3 Å². The van der Waals surface area contributed by atoms with Crippen molar-refractivity contribution in [3.8, 4) is 0 Å². The summed E-state index contributed by atoms with van der Waals surface area (Å²) >= 11 is 5.93. The Kier molecular flexibility index (Phi) is 6.71. The Hall–Kier alpha value is -2.00. The average molecular weight is 401 g/mol. The largest absolute Gasteiger partial charge is 0.383 e. The molecule has 6 nitrogen and oxygen atoms in total. The van der Waals surface area contributed by atoms with Crippen molar-refractivity contribution < 1.29 is 22.3 Å². The van der Waals surface area contributed by atoms with E-state index in [1.807, 2.05) is 0 Å². The number of anilines is 1. The van der Waals surface area contributed by atoms with Crippen LogP contribution in [0.4, 0.5) is 10.1 Å². The number of halogens is 2. The first kappa shape index (κ1) is 20.3. The van der Waals surface area contributed by atoms with Crippen LogP contribution in [-0.4, -0.2) is 34.1 Å². The third-order valence-electron chi connectivity index (χ3n) is 3.39. The monoisotopic (exact) mass is 400 g/mol. The lowest BCUT2D eigenvalue weighted by molar-refractivity contribution is 0.102. The molecule has 140 valence electrons. The Bertz CT molecular complexity index is 905. The second kappa shape index (κ2) is 8.59. The summed E-state index contributed by atoms with van der Waals surface area (Å²) in [5, 5.41) is 2.60. The number of amides is 1. The molecule has 0 aliphatic carbocycles. The molecule has 1 atom stereocenters. The molecule has 2 aromatic rings. The second-order valence-corrected chi connectivity index (χ2v) is 7.67. The zero-order chi connectivity index (χ0) is 19.3. The van der Waals surface area contributed by atoms with Gasteiger partial charge in [0, 0.05) is 13.2 Å². The SMILES string of the molecule is COC[C@H](C)NS(=O)(=O)c1ccc(NC(=O)c2ccccc2Cl)c(F)c1. The molecule has 0 saturated carbocycles. The molecule has 0 radical (unpaired) electrons. The number of methoxy groups -OCH3 is 1. The predicted octanol–water partition coefficient (Wildman–Crippen LogP) is 3.04. The first-order chi connectivity index (χ1) is 12.2. The molecule has 0 aliphatic heterocycles. The number of carbonyl (C=O) groups excluding carboxylic acids is 1. The predicted molar refractivity (Wildman–Crippen MR) is 97.5 cm³/mol. The highest BCUT2D eigenvalue weighted by Gasteiger charge is 2.20. The van der Waals surface area contributed by atoms with Gasteiger partial charge in [-0.2, -0.15) is 0 Å². The van der Waals surface area contributed by atoms with Crippen LogP contribution in [0, 0.1) is 5.82 Å². The van der Waals surface area contributed by atoms with E-state index in [0.717, 1.165) is 6.07 Å². The summed E-state index contributed by atoms with van der Waals surface area (Å²) in [6.45, 7) is 1.79. The van der Waals surface area contributed by atoms with Crippen molar-refractivity contribution in [1.29, 1.82) is 0 Å². The van der Waals surface area contributed by atoms with Crippen molar-refractivity contribution in [3.05, 3.63) is 58.9 Å². The zero-order valence-corrected chi connectivity index (χ0v) is 15.7. The summed E-state index contributed by atoms with van der Waals surface area (Å²) in [4.78, 5) is 11.9. The van der Waals surface area contributed by atoms with Gasteiger partial charge < -0.3 is 10.1 Å². The van der Waals surface area contributed by atoms with Gasteiger partial charge in [0.25, 0.3) is 5.91 Å². The molecule has 0 saturated heterocycles. The fourth-order valence-corrected chi connectivity index (χ4v) is 3.68. The van der Waals surface area contributed by atoms with Gasteiger partial charge in [0.05, 0.1) is 27.8 Å². The number of benzene rings is 2. The Morgan fingerprint density at radius 2 is 1.96 bits per heavy atom. The van der Waals surface area contributed by atoms with Gasteiger partial charge in [0.1, 0.15) is 5.82 Å². The lowest BCUT2D eigenvalue weighted by Crippen LogP contribution is -2.35. The van der Waals surface area contributed by atoms with E-state index in [-0.39, 0.29) is 27.8 Å². The minimum absolute atomic E-state index is 0.154. The maximum absolute atomic E-state index is 14.3. The molecule has 0 unspecified atom stereocenters. The summed E-state index contributed by atoms with van der Waals surface area (Å²) in [5.41, 5.74) is 0.0270. The topological polar surface area (TPSA) is 84.5 Å². The quantitative estimate of drug-likeness (QED) is 0.748. The molecular weight excluding hydrogens is 383 g/mol. The molecule has 2 aromatic carbocycles. The molecule has 2 rings (SSSR count). The molecule has 0 aromatic heterocycles. The van der Waals surface area contributed by atoms with E-state index in [9.17, 15) is 17.6 Å². The van der Waals surface area contributed by atoms with Crippen LogP contribution < -0.4 is 10.0 Å². The summed E-state index contributed by atoms with van der Waals surface area (Å²) < 4.78 is 46.0. The minimum Gasteiger partial charge on any atom is -0.383 e. The van der Waals surface area contributed by atoms with Crippen LogP contribution in [0.2, 0.25) is 5.02 Å². The number of hydrogen-bond donors (Lipinski definition) is 2. The average Bonchev–Trinajstić information content (AvgIpc) is 2.56. The number of hydrogen-bond acceptors (Lipinski definition) is 4. The lowest BCUT2D eigenvalue weighted by atomic mass is 10.2. The molecule has 0 spiro atoms. The van der Waals surface area contributed by atoms with E-state index < -0.39 is 27.8 Å². The van der Waals surface area contributed by atoms with Crippen LogP contribution in [0.3, 0.4) is 0 Å². The van der Waals surface area contributed by atoms with Crippen LogP contribution in [0.5, 0.6) is 0 Å². The van der Waals surface area contributed by atoms with E-state index >= 15 is 0 Å². The highest BCUT2D eigenvalue weighted by molar-refractivity contribution is 7.89. The van der Waals surface area contributed by atoms with Crippen LogP contribution >= 0.6 is 11.6 Å². The van der Waals surface area contributed by atoms with E-state index in [0.29, 0.717) is 0 Å². The van der Waals surface area contributed by atoms with E-state index in [2.05, 4.69) is 10.0 Å². The molecular formula is C17H18ClFN2O4S. The van der Waals surface area contributed by atoms with Gasteiger partial charge in [-0.3, -0.25) is 4.79 Å². The molecule has 0 heterocycles. The Morgan fingerprint density at radius 1 is 1.27 bits per heavy atom. The summed E-state index contributed by atoms with van der Waals surface area (Å²) in [5.74, 6) is -1.48. The molecule has 0 fully saturated rings. The van der Waals surface area contributed by atoms with Gasteiger partial charge >= 0.3 is 0 Å². The van der Waals surface area contributed by atoms with Crippen molar-refractivity contribution in [3.63, 3.8) is 0 Å². The number of carbonyl (C=O) groups is 1. The first-order valence-electron chi connectivity index (χ1n) is 7.61. The number of nitrogens with one attached hydrogen (secondary N) is 2. The van der Waals surface area contributed by atoms with Crippen LogP contribution in [-0.2, 0) is 14.8 Å². The summed E-state index contributed by atoms with van der Waals surface area (Å²) in [6.07, 6.45) is 0. The number of rotatable bonds is 7. The van der Waals surface area contributed by atoms with Gasteiger partial charge in [-0.25, -0.2) is 17.5 Å². The van der Waals surface area contributed by atoms with Crippen molar-refractivity contribution in [2.24, 2.45) is 0 Å². The highest BCUT2D eigenvalue weighted by Crippen LogP contribution is 2.22. The smallest absolute Gasteiger partial charge is 0.257 e. The molecule has 1 amide bonds. The lowest BCUT2D eigenvalue weighted by Gasteiger charge is -2.14. The van der Waals surface area contributed by atoms with Crippen molar-refractivity contribution in [1.82, 2.24) is 4.72 Å². The summed E-state index contributed by atoms with van der Waals surface area (Å²) in [7, 11) is -2.47. The fraction of sp³-hybridized carbons (Fsp3) is 0.235. The Balaban J connectivity index is 2.19.